The normalized spacial score (nSPS) is 25.1. The lowest BCUT2D eigenvalue weighted by atomic mass is 9.91. The Balaban J connectivity index is 2.08. The molecule has 0 radical (unpaired) electrons. The van der Waals surface area contributed by atoms with Crippen LogP contribution in [-0.4, -0.2) is 5.75 Å². The van der Waals surface area contributed by atoms with Gasteiger partial charge in [-0.2, -0.15) is 0 Å². The smallest absolute Gasteiger partial charge is 0.0420 e. The van der Waals surface area contributed by atoms with Crippen molar-refractivity contribution in [3.8, 4) is 0 Å². The van der Waals surface area contributed by atoms with E-state index in [1.807, 2.05) is 17.8 Å². The average molecular weight is 304 g/mol. The monoisotopic (exact) mass is 302 g/mol. The fraction of sp³-hybridized carbons (Fsp3) is 0.500. The second-order valence-corrected chi connectivity index (χ2v) is 6.78. The average Bonchev–Trinajstić information content (AvgIpc) is 3.00. The van der Waals surface area contributed by atoms with E-state index in [0.717, 1.165) is 16.9 Å². The van der Waals surface area contributed by atoms with Crippen molar-refractivity contribution < 1.29 is 0 Å². The van der Waals surface area contributed by atoms with Crippen molar-refractivity contribution in [2.75, 3.05) is 5.75 Å². The fourth-order valence-electron chi connectivity index (χ4n) is 2.44. The molecular weight excluding hydrogens is 292 g/mol. The van der Waals surface area contributed by atoms with Crippen molar-refractivity contribution in [3.63, 3.8) is 0 Å². The van der Waals surface area contributed by atoms with Crippen molar-refractivity contribution in [3.05, 3.63) is 27.2 Å². The van der Waals surface area contributed by atoms with Crippen LogP contribution in [0.25, 0.3) is 0 Å². The molecule has 1 aliphatic carbocycles. The standard InChI is InChI=1S/C12H12BrClS/c13-11-6-8(14)5-10-9(7-1-2-7)3-4-15-12(10)11/h5-7,9H,1-4H2. The number of hydrogen-bond donors (Lipinski definition) is 0. The fourth-order valence-corrected chi connectivity index (χ4v) is 4.77. The minimum absolute atomic E-state index is 0.774. The van der Waals surface area contributed by atoms with E-state index in [4.69, 9.17) is 11.6 Å². The summed E-state index contributed by atoms with van der Waals surface area (Å²) in [5.74, 6) is 2.97. The molecule has 0 nitrogen and oxygen atoms in total. The Morgan fingerprint density at radius 1 is 1.27 bits per heavy atom. The number of hydrogen-bond acceptors (Lipinski definition) is 1. The first-order valence-corrected chi connectivity index (χ1v) is 7.53. The van der Waals surface area contributed by atoms with Gasteiger partial charge in [0.15, 0.2) is 0 Å². The molecular formula is C12H12BrClS. The van der Waals surface area contributed by atoms with Crippen molar-refractivity contribution in [2.45, 2.75) is 30.1 Å². The van der Waals surface area contributed by atoms with Gasteiger partial charge in [-0.15, -0.1) is 11.8 Å². The first kappa shape index (κ1) is 10.5. The number of rotatable bonds is 1. The Kier molecular flexibility index (Phi) is 2.78. The van der Waals surface area contributed by atoms with Gasteiger partial charge >= 0.3 is 0 Å². The van der Waals surface area contributed by atoms with Gasteiger partial charge in [0.1, 0.15) is 0 Å². The van der Waals surface area contributed by atoms with Crippen LogP contribution in [0.5, 0.6) is 0 Å². The summed E-state index contributed by atoms with van der Waals surface area (Å²) in [6, 6.07) is 4.19. The van der Waals surface area contributed by atoms with Gasteiger partial charge < -0.3 is 0 Å². The molecule has 2 aliphatic rings. The van der Waals surface area contributed by atoms with Gasteiger partial charge in [0.25, 0.3) is 0 Å². The third kappa shape index (κ3) is 1.96. The minimum atomic E-state index is 0.774. The van der Waals surface area contributed by atoms with Crippen LogP contribution in [0.4, 0.5) is 0 Å². The Bertz CT molecular complexity index is 401. The molecule has 1 aliphatic heterocycles. The van der Waals surface area contributed by atoms with Crippen molar-refractivity contribution >= 4 is 39.3 Å². The van der Waals surface area contributed by atoms with Crippen LogP contribution >= 0.6 is 39.3 Å². The van der Waals surface area contributed by atoms with Gasteiger partial charge in [-0.05, 0) is 70.5 Å². The molecule has 0 aromatic heterocycles. The molecule has 1 heterocycles. The van der Waals surface area contributed by atoms with Crippen molar-refractivity contribution in [2.24, 2.45) is 5.92 Å². The van der Waals surface area contributed by atoms with Gasteiger partial charge in [-0.1, -0.05) is 11.6 Å². The second kappa shape index (κ2) is 3.97. The molecule has 3 heteroatoms. The van der Waals surface area contributed by atoms with E-state index in [2.05, 4.69) is 22.0 Å². The maximum absolute atomic E-state index is 6.13. The first-order chi connectivity index (χ1) is 7.25. The topological polar surface area (TPSA) is 0 Å². The molecule has 1 saturated carbocycles. The summed E-state index contributed by atoms with van der Waals surface area (Å²) >= 11 is 11.7. The molecule has 1 aromatic carbocycles. The third-order valence-electron chi connectivity index (χ3n) is 3.30. The van der Waals surface area contributed by atoms with E-state index in [-0.39, 0.29) is 0 Å². The molecule has 80 valence electrons. The summed E-state index contributed by atoms with van der Waals surface area (Å²) in [7, 11) is 0. The molecule has 1 atom stereocenters. The Morgan fingerprint density at radius 2 is 2.07 bits per heavy atom. The van der Waals surface area contributed by atoms with E-state index in [1.165, 1.54) is 39.9 Å². The highest BCUT2D eigenvalue weighted by atomic mass is 79.9. The Morgan fingerprint density at radius 3 is 2.80 bits per heavy atom. The lowest BCUT2D eigenvalue weighted by Crippen LogP contribution is -2.09. The van der Waals surface area contributed by atoms with E-state index in [0.29, 0.717) is 0 Å². The van der Waals surface area contributed by atoms with E-state index < -0.39 is 0 Å². The van der Waals surface area contributed by atoms with Gasteiger partial charge in [-0.25, -0.2) is 0 Å². The lowest BCUT2D eigenvalue weighted by Gasteiger charge is -2.26. The van der Waals surface area contributed by atoms with Crippen molar-refractivity contribution in [1.82, 2.24) is 0 Å². The summed E-state index contributed by atoms with van der Waals surface area (Å²) in [6.07, 6.45) is 4.16. The predicted octanol–water partition coefficient (Wildman–Crippen LogP) is 5.09. The van der Waals surface area contributed by atoms with Crippen LogP contribution in [0.15, 0.2) is 21.5 Å². The summed E-state index contributed by atoms with van der Waals surface area (Å²) in [4.78, 5) is 1.43. The number of benzene rings is 1. The maximum atomic E-state index is 6.13. The summed E-state index contributed by atoms with van der Waals surface area (Å²) in [5.41, 5.74) is 1.49. The minimum Gasteiger partial charge on any atom is -0.125 e. The van der Waals surface area contributed by atoms with E-state index in [9.17, 15) is 0 Å². The zero-order chi connectivity index (χ0) is 10.4. The number of halogens is 2. The quantitative estimate of drug-likeness (QED) is 0.696. The SMILES string of the molecule is Clc1cc(Br)c2c(c1)C(C1CC1)CCS2. The highest BCUT2D eigenvalue weighted by molar-refractivity contribution is 9.10. The van der Waals surface area contributed by atoms with Crippen LogP contribution in [0, 0.1) is 5.92 Å². The van der Waals surface area contributed by atoms with Crippen LogP contribution in [0.1, 0.15) is 30.7 Å². The lowest BCUT2D eigenvalue weighted by molar-refractivity contribution is 0.573. The molecule has 1 aromatic rings. The molecule has 0 spiro atoms. The summed E-state index contributed by atoms with van der Waals surface area (Å²) in [6.45, 7) is 0. The third-order valence-corrected chi connectivity index (χ3v) is 5.59. The highest BCUT2D eigenvalue weighted by Crippen LogP contribution is 2.52. The van der Waals surface area contributed by atoms with Crippen LogP contribution in [0.2, 0.25) is 5.02 Å². The van der Waals surface area contributed by atoms with E-state index in [1.54, 1.807) is 0 Å². The highest BCUT2D eigenvalue weighted by Gasteiger charge is 2.35. The molecule has 0 amide bonds. The van der Waals surface area contributed by atoms with Crippen LogP contribution < -0.4 is 0 Å². The Labute approximate surface area is 108 Å². The van der Waals surface area contributed by atoms with E-state index >= 15 is 0 Å². The zero-order valence-electron chi connectivity index (χ0n) is 8.30. The Hall–Kier alpha value is 0.340. The molecule has 0 saturated heterocycles. The maximum Gasteiger partial charge on any atom is 0.0420 e. The molecule has 0 bridgehead atoms. The van der Waals surface area contributed by atoms with Gasteiger partial charge in [0, 0.05) is 14.4 Å². The van der Waals surface area contributed by atoms with Gasteiger partial charge in [-0.3, -0.25) is 0 Å². The number of fused-ring (bicyclic) bond motifs is 1. The first-order valence-electron chi connectivity index (χ1n) is 5.37. The van der Waals surface area contributed by atoms with Gasteiger partial charge in [0.05, 0.1) is 0 Å². The molecule has 15 heavy (non-hydrogen) atoms. The largest absolute Gasteiger partial charge is 0.125 e. The molecule has 1 fully saturated rings. The molecule has 3 rings (SSSR count). The molecule has 0 N–H and O–H groups in total. The van der Waals surface area contributed by atoms with Crippen LogP contribution in [-0.2, 0) is 0 Å². The predicted molar refractivity (Wildman–Crippen MR) is 70.0 cm³/mol. The van der Waals surface area contributed by atoms with Crippen molar-refractivity contribution in [1.29, 1.82) is 0 Å². The second-order valence-electron chi connectivity index (χ2n) is 4.39. The molecule has 1 unspecified atom stereocenters. The summed E-state index contributed by atoms with van der Waals surface area (Å²) in [5, 5.41) is 0.869. The van der Waals surface area contributed by atoms with Crippen LogP contribution in [0.3, 0.4) is 0 Å². The number of thioether (sulfide) groups is 1. The van der Waals surface area contributed by atoms with Gasteiger partial charge in [0.2, 0.25) is 0 Å². The zero-order valence-corrected chi connectivity index (χ0v) is 11.5. The summed E-state index contributed by atoms with van der Waals surface area (Å²) < 4.78 is 1.18.